The molecule has 1 saturated heterocycles. The van der Waals surface area contributed by atoms with E-state index < -0.39 is 10.0 Å². The molecule has 9 heteroatoms. The van der Waals surface area contributed by atoms with Gasteiger partial charge in [0.15, 0.2) is 0 Å². The number of ether oxygens (including phenoxy) is 2. The van der Waals surface area contributed by atoms with Crippen molar-refractivity contribution in [2.75, 3.05) is 40.0 Å². The lowest BCUT2D eigenvalue weighted by atomic mass is 10.1. The fourth-order valence-corrected chi connectivity index (χ4v) is 4.94. The molecule has 0 unspecified atom stereocenters. The highest BCUT2D eigenvalue weighted by atomic mass is 35.5. The van der Waals surface area contributed by atoms with Gasteiger partial charge >= 0.3 is 0 Å². The molecule has 30 heavy (non-hydrogen) atoms. The number of benzene rings is 2. The lowest BCUT2D eigenvalue weighted by Crippen LogP contribution is -2.40. The molecule has 0 aromatic heterocycles. The summed E-state index contributed by atoms with van der Waals surface area (Å²) >= 11 is 5.87. The zero-order valence-electron chi connectivity index (χ0n) is 16.8. The highest BCUT2D eigenvalue weighted by Gasteiger charge is 2.29. The summed E-state index contributed by atoms with van der Waals surface area (Å²) < 4.78 is 38.0. The maximum absolute atomic E-state index is 13.0. The molecule has 2 aromatic rings. The van der Waals surface area contributed by atoms with Crippen molar-refractivity contribution in [1.82, 2.24) is 9.62 Å². The van der Waals surface area contributed by atoms with Crippen LogP contribution in [0.5, 0.6) is 5.75 Å². The van der Waals surface area contributed by atoms with Gasteiger partial charge < -0.3 is 14.8 Å². The Hall–Kier alpha value is -2.13. The first-order valence-electron chi connectivity index (χ1n) is 9.66. The van der Waals surface area contributed by atoms with Crippen molar-refractivity contribution in [2.24, 2.45) is 0 Å². The summed E-state index contributed by atoms with van der Waals surface area (Å²) in [6, 6.07) is 12.3. The van der Waals surface area contributed by atoms with Crippen LogP contribution in [0.3, 0.4) is 0 Å². The van der Waals surface area contributed by atoms with E-state index in [-0.39, 0.29) is 23.0 Å². The van der Waals surface area contributed by atoms with E-state index in [4.69, 9.17) is 21.1 Å². The average molecular weight is 453 g/mol. The number of nitrogens with zero attached hydrogens (tertiary/aromatic N) is 1. The standard InChI is InChI=1S/C21H25ClN2O5S/c1-28-19-7-4-17(14-20(19)30(26,27)24-10-12-29-13-11-24)15-21(25)23-9-8-16-2-5-18(22)6-3-16/h2-7,14H,8-13,15H2,1H3,(H,23,25). The quantitative estimate of drug-likeness (QED) is 0.664. The second kappa shape index (κ2) is 10.3. The van der Waals surface area contributed by atoms with Crippen LogP contribution in [0, 0.1) is 0 Å². The van der Waals surface area contributed by atoms with Gasteiger partial charge in [0.2, 0.25) is 15.9 Å². The number of amides is 1. The predicted octanol–water partition coefficient (Wildman–Crippen LogP) is 2.27. The molecule has 2 aromatic carbocycles. The van der Waals surface area contributed by atoms with Crippen LogP contribution in [-0.4, -0.2) is 58.6 Å². The van der Waals surface area contributed by atoms with Gasteiger partial charge in [0.25, 0.3) is 0 Å². The van der Waals surface area contributed by atoms with Crippen molar-refractivity contribution in [3.05, 3.63) is 58.6 Å². The molecule has 1 amide bonds. The van der Waals surface area contributed by atoms with E-state index >= 15 is 0 Å². The number of methoxy groups -OCH3 is 1. The van der Waals surface area contributed by atoms with E-state index in [2.05, 4.69) is 5.32 Å². The molecule has 1 heterocycles. The minimum atomic E-state index is -3.73. The molecular formula is C21H25ClN2O5S. The fraction of sp³-hybridized carbons (Fsp3) is 0.381. The molecule has 0 aliphatic carbocycles. The second-order valence-electron chi connectivity index (χ2n) is 6.90. The Bertz CT molecular complexity index is 973. The molecule has 0 bridgehead atoms. The third-order valence-electron chi connectivity index (χ3n) is 4.83. The summed E-state index contributed by atoms with van der Waals surface area (Å²) in [7, 11) is -2.31. The predicted molar refractivity (Wildman–Crippen MR) is 114 cm³/mol. The van der Waals surface area contributed by atoms with Crippen LogP contribution in [0.1, 0.15) is 11.1 Å². The molecular weight excluding hydrogens is 428 g/mol. The molecule has 0 radical (unpaired) electrons. The molecule has 1 aliphatic heterocycles. The Morgan fingerprint density at radius 2 is 1.80 bits per heavy atom. The molecule has 7 nitrogen and oxygen atoms in total. The Kier molecular flexibility index (Phi) is 7.71. The number of hydrogen-bond acceptors (Lipinski definition) is 5. The largest absolute Gasteiger partial charge is 0.495 e. The molecule has 0 atom stereocenters. The molecule has 1 fully saturated rings. The number of hydrogen-bond donors (Lipinski definition) is 1. The summed E-state index contributed by atoms with van der Waals surface area (Å²) in [6.45, 7) is 1.78. The van der Waals surface area contributed by atoms with Crippen LogP contribution in [0.2, 0.25) is 5.02 Å². The number of halogens is 1. The maximum Gasteiger partial charge on any atom is 0.246 e. The minimum Gasteiger partial charge on any atom is -0.495 e. The van der Waals surface area contributed by atoms with Crippen molar-refractivity contribution in [3.8, 4) is 5.75 Å². The maximum atomic E-state index is 13.0. The normalized spacial score (nSPS) is 15.0. The van der Waals surface area contributed by atoms with Gasteiger partial charge in [-0.2, -0.15) is 4.31 Å². The van der Waals surface area contributed by atoms with Crippen LogP contribution in [-0.2, 0) is 32.4 Å². The van der Waals surface area contributed by atoms with E-state index in [0.29, 0.717) is 49.9 Å². The summed E-state index contributed by atoms with van der Waals surface area (Å²) in [5, 5.41) is 3.54. The zero-order valence-corrected chi connectivity index (χ0v) is 18.3. The summed E-state index contributed by atoms with van der Waals surface area (Å²) in [5.41, 5.74) is 1.68. The Balaban J connectivity index is 1.65. The third-order valence-corrected chi connectivity index (χ3v) is 7.00. The van der Waals surface area contributed by atoms with Crippen molar-refractivity contribution < 1.29 is 22.7 Å². The lowest BCUT2D eigenvalue weighted by molar-refractivity contribution is -0.120. The van der Waals surface area contributed by atoms with Gasteiger partial charge in [-0.3, -0.25) is 4.79 Å². The monoisotopic (exact) mass is 452 g/mol. The number of sulfonamides is 1. The smallest absolute Gasteiger partial charge is 0.246 e. The van der Waals surface area contributed by atoms with E-state index in [1.807, 2.05) is 24.3 Å². The fourth-order valence-electron chi connectivity index (χ4n) is 3.20. The van der Waals surface area contributed by atoms with Crippen molar-refractivity contribution in [3.63, 3.8) is 0 Å². The molecule has 0 spiro atoms. The summed E-state index contributed by atoms with van der Waals surface area (Å²) in [4.78, 5) is 12.4. The molecule has 1 aliphatic rings. The van der Waals surface area contributed by atoms with Gasteiger partial charge in [-0.15, -0.1) is 0 Å². The number of carbonyl (C=O) groups excluding carboxylic acids is 1. The minimum absolute atomic E-state index is 0.0679. The summed E-state index contributed by atoms with van der Waals surface area (Å²) in [6.07, 6.45) is 0.762. The van der Waals surface area contributed by atoms with Crippen molar-refractivity contribution in [2.45, 2.75) is 17.7 Å². The first-order chi connectivity index (χ1) is 14.4. The van der Waals surface area contributed by atoms with E-state index in [1.54, 1.807) is 12.1 Å². The summed E-state index contributed by atoms with van der Waals surface area (Å²) in [5.74, 6) is 0.0808. The average Bonchev–Trinajstić information content (AvgIpc) is 2.75. The van der Waals surface area contributed by atoms with Crippen molar-refractivity contribution >= 4 is 27.5 Å². The number of morpholine rings is 1. The highest BCUT2D eigenvalue weighted by molar-refractivity contribution is 7.89. The molecule has 1 N–H and O–H groups in total. The number of nitrogens with one attached hydrogen (secondary N) is 1. The van der Waals surface area contributed by atoms with E-state index in [1.165, 1.54) is 17.5 Å². The second-order valence-corrected chi connectivity index (χ2v) is 9.25. The van der Waals surface area contributed by atoms with Gasteiger partial charge in [-0.25, -0.2) is 8.42 Å². The van der Waals surface area contributed by atoms with Crippen LogP contribution in [0.15, 0.2) is 47.4 Å². The number of carbonyl (C=O) groups is 1. The molecule has 162 valence electrons. The van der Waals surface area contributed by atoms with Crippen LogP contribution in [0.4, 0.5) is 0 Å². The van der Waals surface area contributed by atoms with Gasteiger partial charge in [0.05, 0.1) is 26.7 Å². The van der Waals surface area contributed by atoms with Gasteiger partial charge in [-0.05, 0) is 41.8 Å². The Morgan fingerprint density at radius 3 is 2.47 bits per heavy atom. The van der Waals surface area contributed by atoms with Gasteiger partial charge in [0.1, 0.15) is 10.6 Å². The van der Waals surface area contributed by atoms with Crippen LogP contribution >= 0.6 is 11.6 Å². The van der Waals surface area contributed by atoms with Crippen LogP contribution < -0.4 is 10.1 Å². The topological polar surface area (TPSA) is 84.9 Å². The zero-order chi connectivity index (χ0) is 21.6. The van der Waals surface area contributed by atoms with Gasteiger partial charge in [0, 0.05) is 24.7 Å². The lowest BCUT2D eigenvalue weighted by Gasteiger charge is -2.26. The Labute approximate surface area is 182 Å². The van der Waals surface area contributed by atoms with Crippen molar-refractivity contribution in [1.29, 1.82) is 0 Å². The first kappa shape index (κ1) is 22.6. The molecule has 3 rings (SSSR count). The van der Waals surface area contributed by atoms with E-state index in [9.17, 15) is 13.2 Å². The third kappa shape index (κ3) is 5.72. The number of rotatable bonds is 8. The van der Waals surface area contributed by atoms with Gasteiger partial charge in [-0.1, -0.05) is 29.8 Å². The Morgan fingerprint density at radius 1 is 1.13 bits per heavy atom. The molecule has 0 saturated carbocycles. The highest BCUT2D eigenvalue weighted by Crippen LogP contribution is 2.28. The van der Waals surface area contributed by atoms with Crippen LogP contribution in [0.25, 0.3) is 0 Å². The van der Waals surface area contributed by atoms with E-state index in [0.717, 1.165) is 5.56 Å². The first-order valence-corrected chi connectivity index (χ1v) is 11.5. The SMILES string of the molecule is COc1ccc(CC(=O)NCCc2ccc(Cl)cc2)cc1S(=O)(=O)N1CCOCC1.